The summed E-state index contributed by atoms with van der Waals surface area (Å²) in [7, 11) is -3.75. The Labute approximate surface area is 122 Å². The fourth-order valence-electron chi connectivity index (χ4n) is 2.50. The van der Waals surface area contributed by atoms with Gasteiger partial charge >= 0.3 is 12.1 Å². The van der Waals surface area contributed by atoms with Gasteiger partial charge in [-0.05, 0) is 25.7 Å². The topological polar surface area (TPSA) is 74.7 Å². The number of hydrogen-bond donors (Lipinski definition) is 1. The number of hydrogen-bond acceptors (Lipinski definition) is 3. The van der Waals surface area contributed by atoms with E-state index in [-0.39, 0.29) is 25.9 Å². The first kappa shape index (κ1) is 18.2. The molecule has 1 aliphatic heterocycles. The number of aliphatic carboxylic acids is 1. The number of alkyl halides is 3. The molecule has 1 rings (SSSR count). The van der Waals surface area contributed by atoms with Crippen molar-refractivity contribution in [1.82, 2.24) is 4.31 Å². The standard InChI is InChI=1S/C12H20F3NO4S/c1-2-11(10(17)18)5-7-16(8-6-11)21(19,20)9-3-4-12(13,14)15/h2-9H2,1H3,(H,17,18). The third-order valence-electron chi connectivity index (χ3n) is 4.07. The summed E-state index contributed by atoms with van der Waals surface area (Å²) in [6, 6.07) is 0. The lowest BCUT2D eigenvalue weighted by atomic mass is 9.77. The quantitative estimate of drug-likeness (QED) is 0.810. The molecule has 0 unspecified atom stereocenters. The maximum atomic E-state index is 12.0. The summed E-state index contributed by atoms with van der Waals surface area (Å²) >= 11 is 0. The van der Waals surface area contributed by atoms with Crippen LogP contribution >= 0.6 is 0 Å². The van der Waals surface area contributed by atoms with Gasteiger partial charge in [0.2, 0.25) is 10.0 Å². The van der Waals surface area contributed by atoms with E-state index in [2.05, 4.69) is 0 Å². The molecule has 9 heteroatoms. The van der Waals surface area contributed by atoms with E-state index in [0.29, 0.717) is 6.42 Å². The highest BCUT2D eigenvalue weighted by atomic mass is 32.2. The molecule has 1 fully saturated rings. The molecule has 0 spiro atoms. The molecule has 0 atom stereocenters. The Bertz CT molecular complexity index is 467. The number of nitrogens with zero attached hydrogens (tertiary/aromatic N) is 1. The fourth-order valence-corrected chi connectivity index (χ4v) is 4.00. The molecule has 21 heavy (non-hydrogen) atoms. The van der Waals surface area contributed by atoms with E-state index >= 15 is 0 Å². The van der Waals surface area contributed by atoms with Crippen LogP contribution in [0.25, 0.3) is 0 Å². The maximum absolute atomic E-state index is 12.0. The number of halogens is 3. The molecule has 0 aromatic heterocycles. The van der Waals surface area contributed by atoms with Crippen molar-refractivity contribution in [2.45, 2.75) is 45.2 Å². The maximum Gasteiger partial charge on any atom is 0.389 e. The van der Waals surface area contributed by atoms with Gasteiger partial charge in [-0.1, -0.05) is 6.92 Å². The van der Waals surface area contributed by atoms with Crippen LogP contribution in [0.15, 0.2) is 0 Å². The largest absolute Gasteiger partial charge is 0.481 e. The number of carbonyl (C=O) groups is 1. The monoisotopic (exact) mass is 331 g/mol. The zero-order chi connectivity index (χ0) is 16.3. The van der Waals surface area contributed by atoms with Gasteiger partial charge in [0.25, 0.3) is 0 Å². The zero-order valence-corrected chi connectivity index (χ0v) is 12.6. The molecule has 0 saturated carbocycles. The number of rotatable bonds is 6. The molecular formula is C12H20F3NO4S. The molecule has 1 aliphatic rings. The lowest BCUT2D eigenvalue weighted by Gasteiger charge is -2.37. The number of carboxylic acids is 1. The van der Waals surface area contributed by atoms with Gasteiger partial charge in [0.15, 0.2) is 0 Å². The molecule has 1 saturated heterocycles. The highest BCUT2D eigenvalue weighted by Crippen LogP contribution is 2.36. The molecular weight excluding hydrogens is 311 g/mol. The lowest BCUT2D eigenvalue weighted by molar-refractivity contribution is -0.151. The van der Waals surface area contributed by atoms with E-state index in [4.69, 9.17) is 0 Å². The minimum atomic E-state index is -4.36. The average molecular weight is 331 g/mol. The lowest BCUT2D eigenvalue weighted by Crippen LogP contribution is -2.46. The number of carboxylic acid groups (broad SMARTS) is 1. The molecule has 124 valence electrons. The molecule has 5 nitrogen and oxygen atoms in total. The summed E-state index contributed by atoms with van der Waals surface area (Å²) in [6.45, 7) is 1.84. The molecule has 0 aliphatic carbocycles. The van der Waals surface area contributed by atoms with Gasteiger partial charge in [-0.3, -0.25) is 4.79 Å². The van der Waals surface area contributed by atoms with Crippen LogP contribution in [-0.4, -0.2) is 48.8 Å². The highest BCUT2D eigenvalue weighted by Gasteiger charge is 2.42. The molecule has 0 amide bonds. The highest BCUT2D eigenvalue weighted by molar-refractivity contribution is 7.89. The Kier molecular flexibility index (Phi) is 5.65. The van der Waals surface area contributed by atoms with Crippen LogP contribution in [-0.2, 0) is 14.8 Å². The van der Waals surface area contributed by atoms with Gasteiger partial charge in [0.05, 0.1) is 11.2 Å². The second-order valence-electron chi connectivity index (χ2n) is 5.37. The van der Waals surface area contributed by atoms with E-state index in [1.807, 2.05) is 0 Å². The van der Waals surface area contributed by atoms with Gasteiger partial charge in [-0.25, -0.2) is 12.7 Å². The van der Waals surface area contributed by atoms with Gasteiger partial charge in [0, 0.05) is 19.5 Å². The predicted octanol–water partition coefficient (Wildman–Crippen LogP) is 2.24. The minimum absolute atomic E-state index is 0.0501. The smallest absolute Gasteiger partial charge is 0.389 e. The van der Waals surface area contributed by atoms with Crippen LogP contribution in [0.3, 0.4) is 0 Å². The van der Waals surface area contributed by atoms with Gasteiger partial charge in [-0.15, -0.1) is 0 Å². The summed E-state index contributed by atoms with van der Waals surface area (Å²) in [5.41, 5.74) is -0.919. The normalized spacial score (nSPS) is 20.4. The van der Waals surface area contributed by atoms with Crippen molar-refractivity contribution >= 4 is 16.0 Å². The second-order valence-corrected chi connectivity index (χ2v) is 7.46. The molecule has 0 aromatic rings. The molecule has 0 aromatic carbocycles. The van der Waals surface area contributed by atoms with Gasteiger partial charge in [-0.2, -0.15) is 13.2 Å². The second kappa shape index (κ2) is 6.51. The van der Waals surface area contributed by atoms with Crippen molar-refractivity contribution in [3.63, 3.8) is 0 Å². The van der Waals surface area contributed by atoms with Crippen LogP contribution in [0, 0.1) is 5.41 Å². The summed E-state index contributed by atoms with van der Waals surface area (Å²) < 4.78 is 61.1. The van der Waals surface area contributed by atoms with Crippen molar-refractivity contribution in [3.05, 3.63) is 0 Å². The van der Waals surface area contributed by atoms with Crippen LogP contribution < -0.4 is 0 Å². The summed E-state index contributed by atoms with van der Waals surface area (Å²) in [5.74, 6) is -1.50. The Balaban J connectivity index is 2.58. The molecule has 1 N–H and O–H groups in total. The van der Waals surface area contributed by atoms with E-state index in [1.165, 1.54) is 0 Å². The van der Waals surface area contributed by atoms with E-state index in [0.717, 1.165) is 4.31 Å². The first-order valence-electron chi connectivity index (χ1n) is 6.80. The van der Waals surface area contributed by atoms with Crippen molar-refractivity contribution < 1.29 is 31.5 Å². The molecule has 1 heterocycles. The Morgan fingerprint density at radius 1 is 1.29 bits per heavy atom. The molecule has 0 radical (unpaired) electrons. The van der Waals surface area contributed by atoms with Crippen molar-refractivity contribution in [2.24, 2.45) is 5.41 Å². The van der Waals surface area contributed by atoms with Gasteiger partial charge < -0.3 is 5.11 Å². The first-order valence-corrected chi connectivity index (χ1v) is 8.41. The van der Waals surface area contributed by atoms with Crippen molar-refractivity contribution in [3.8, 4) is 0 Å². The number of piperidine rings is 1. The Morgan fingerprint density at radius 2 is 1.81 bits per heavy atom. The van der Waals surface area contributed by atoms with Gasteiger partial charge in [0.1, 0.15) is 0 Å². The third-order valence-corrected chi connectivity index (χ3v) is 6.02. The Hall–Kier alpha value is -0.830. The van der Waals surface area contributed by atoms with Crippen LogP contribution in [0.4, 0.5) is 13.2 Å². The van der Waals surface area contributed by atoms with Crippen LogP contribution in [0.1, 0.15) is 39.0 Å². The average Bonchev–Trinajstić information content (AvgIpc) is 2.36. The third kappa shape index (κ3) is 4.84. The summed E-state index contributed by atoms with van der Waals surface area (Å²) in [4.78, 5) is 11.3. The van der Waals surface area contributed by atoms with E-state index < -0.39 is 46.2 Å². The predicted molar refractivity (Wildman–Crippen MR) is 70.2 cm³/mol. The zero-order valence-electron chi connectivity index (χ0n) is 11.8. The summed E-state index contributed by atoms with van der Waals surface area (Å²) in [6.07, 6.45) is -5.18. The molecule has 0 bridgehead atoms. The minimum Gasteiger partial charge on any atom is -0.481 e. The van der Waals surface area contributed by atoms with Crippen molar-refractivity contribution in [2.75, 3.05) is 18.8 Å². The van der Waals surface area contributed by atoms with E-state index in [9.17, 15) is 31.5 Å². The fraction of sp³-hybridized carbons (Fsp3) is 0.917. The summed E-state index contributed by atoms with van der Waals surface area (Å²) in [5, 5.41) is 9.22. The SMILES string of the molecule is CCC1(C(=O)O)CCN(S(=O)(=O)CCCC(F)(F)F)CC1. The number of sulfonamides is 1. The van der Waals surface area contributed by atoms with Crippen molar-refractivity contribution in [1.29, 1.82) is 0 Å². The first-order chi connectivity index (χ1) is 9.52. The van der Waals surface area contributed by atoms with Crippen LogP contribution in [0.5, 0.6) is 0 Å². The van der Waals surface area contributed by atoms with Crippen LogP contribution in [0.2, 0.25) is 0 Å². The Morgan fingerprint density at radius 3 is 2.19 bits per heavy atom. The van der Waals surface area contributed by atoms with E-state index in [1.54, 1.807) is 6.92 Å².